The zero-order valence-corrected chi connectivity index (χ0v) is 18.2. The molecule has 0 aliphatic carbocycles. The van der Waals surface area contributed by atoms with E-state index in [4.69, 9.17) is 14.2 Å². The van der Waals surface area contributed by atoms with Gasteiger partial charge in [-0.3, -0.25) is 4.79 Å². The average Bonchev–Trinajstić information content (AvgIpc) is 3.04. The predicted octanol–water partition coefficient (Wildman–Crippen LogP) is 3.67. The molecule has 30 heavy (non-hydrogen) atoms. The lowest BCUT2D eigenvalue weighted by Gasteiger charge is -2.28. The number of hydrogen-bond acceptors (Lipinski definition) is 5. The van der Waals surface area contributed by atoms with Gasteiger partial charge in [0.25, 0.3) is 5.91 Å². The Morgan fingerprint density at radius 1 is 1.03 bits per heavy atom. The van der Waals surface area contributed by atoms with Crippen molar-refractivity contribution in [3.8, 4) is 17.2 Å². The molecule has 2 aliphatic rings. The molecule has 7 heteroatoms. The summed E-state index contributed by atoms with van der Waals surface area (Å²) in [6, 6.07) is 14.0. The van der Waals surface area contributed by atoms with E-state index in [-0.39, 0.29) is 24.4 Å². The minimum absolute atomic E-state index is 0. The van der Waals surface area contributed by atoms with Gasteiger partial charge in [-0.1, -0.05) is 30.3 Å². The normalized spacial score (nSPS) is 20.1. The molecular formula is C23H29ClN2O4. The molecule has 2 fully saturated rings. The summed E-state index contributed by atoms with van der Waals surface area (Å²) in [6.45, 7) is 2.21. The van der Waals surface area contributed by atoms with E-state index < -0.39 is 0 Å². The van der Waals surface area contributed by atoms with Gasteiger partial charge in [0, 0.05) is 24.2 Å². The van der Waals surface area contributed by atoms with E-state index in [1.54, 1.807) is 26.4 Å². The summed E-state index contributed by atoms with van der Waals surface area (Å²) in [5.74, 6) is 1.55. The minimum atomic E-state index is 0. The Bertz CT molecular complexity index is 823. The van der Waals surface area contributed by atoms with E-state index in [0.29, 0.717) is 35.5 Å². The molecule has 0 saturated carbocycles. The van der Waals surface area contributed by atoms with Crippen LogP contribution in [0.5, 0.6) is 17.2 Å². The number of hydrogen-bond donors (Lipinski definition) is 1. The first kappa shape index (κ1) is 22.2. The molecule has 0 aromatic heterocycles. The van der Waals surface area contributed by atoms with E-state index in [1.165, 1.54) is 0 Å². The molecular weight excluding hydrogens is 404 g/mol. The maximum absolute atomic E-state index is 13.4. The van der Waals surface area contributed by atoms with Crippen molar-refractivity contribution in [2.45, 2.75) is 38.0 Å². The summed E-state index contributed by atoms with van der Waals surface area (Å²) in [7, 11) is 3.16. The third kappa shape index (κ3) is 4.50. The van der Waals surface area contributed by atoms with Crippen LogP contribution in [0, 0.1) is 0 Å². The second-order valence-electron chi connectivity index (χ2n) is 7.57. The van der Waals surface area contributed by atoms with Crippen molar-refractivity contribution in [3.63, 3.8) is 0 Å². The van der Waals surface area contributed by atoms with E-state index in [0.717, 1.165) is 37.9 Å². The molecule has 2 aromatic rings. The number of amides is 1. The van der Waals surface area contributed by atoms with Crippen LogP contribution in [0.25, 0.3) is 0 Å². The summed E-state index contributed by atoms with van der Waals surface area (Å²) in [4.78, 5) is 15.4. The first-order chi connectivity index (χ1) is 14.2. The highest BCUT2D eigenvalue weighted by molar-refractivity contribution is 5.96. The number of ether oxygens (including phenoxy) is 3. The lowest BCUT2D eigenvalue weighted by molar-refractivity contribution is 0.0679. The predicted molar refractivity (Wildman–Crippen MR) is 118 cm³/mol. The van der Waals surface area contributed by atoms with Crippen molar-refractivity contribution in [3.05, 3.63) is 53.6 Å². The van der Waals surface area contributed by atoms with E-state index in [2.05, 4.69) is 10.2 Å². The fraction of sp³-hybridized carbons (Fsp3) is 0.435. The molecule has 2 heterocycles. The van der Waals surface area contributed by atoms with E-state index in [9.17, 15) is 4.79 Å². The van der Waals surface area contributed by atoms with Gasteiger partial charge in [-0.2, -0.15) is 0 Å². The molecule has 2 bridgehead atoms. The Morgan fingerprint density at radius 2 is 1.70 bits per heavy atom. The van der Waals surface area contributed by atoms with Crippen LogP contribution in [0.15, 0.2) is 42.5 Å². The van der Waals surface area contributed by atoms with Gasteiger partial charge in [-0.05, 0) is 43.5 Å². The molecule has 6 nitrogen and oxygen atoms in total. The van der Waals surface area contributed by atoms with Gasteiger partial charge in [-0.15, -0.1) is 12.4 Å². The van der Waals surface area contributed by atoms with Gasteiger partial charge in [-0.25, -0.2) is 0 Å². The summed E-state index contributed by atoms with van der Waals surface area (Å²) < 4.78 is 17.1. The van der Waals surface area contributed by atoms with Crippen molar-refractivity contribution in [2.75, 3.05) is 27.3 Å². The second-order valence-corrected chi connectivity index (χ2v) is 7.57. The van der Waals surface area contributed by atoms with Crippen LogP contribution >= 0.6 is 12.4 Å². The van der Waals surface area contributed by atoms with Crippen LogP contribution in [-0.4, -0.2) is 50.2 Å². The molecule has 4 rings (SSSR count). The Balaban J connectivity index is 0.00000256. The number of nitrogens with zero attached hydrogens (tertiary/aromatic N) is 1. The first-order valence-corrected chi connectivity index (χ1v) is 10.2. The highest BCUT2D eigenvalue weighted by Gasteiger charge is 2.38. The number of benzene rings is 2. The molecule has 2 saturated heterocycles. The van der Waals surface area contributed by atoms with Gasteiger partial charge in [0.15, 0.2) is 11.5 Å². The van der Waals surface area contributed by atoms with E-state index in [1.807, 2.05) is 30.3 Å². The number of rotatable bonds is 6. The van der Waals surface area contributed by atoms with Gasteiger partial charge in [0.2, 0.25) is 5.75 Å². The quantitative estimate of drug-likeness (QED) is 0.754. The van der Waals surface area contributed by atoms with Crippen molar-refractivity contribution >= 4 is 18.3 Å². The zero-order valence-electron chi connectivity index (χ0n) is 17.4. The fourth-order valence-electron chi connectivity index (χ4n) is 4.34. The highest BCUT2D eigenvalue weighted by Crippen LogP contribution is 2.40. The Kier molecular flexibility index (Phi) is 7.45. The van der Waals surface area contributed by atoms with Gasteiger partial charge < -0.3 is 24.4 Å². The SMILES string of the molecule is COc1cc(C(=O)N2C3CCNCC2CC3)cc(OC)c1OCc1ccccc1.Cl. The number of methoxy groups -OCH3 is 2. The van der Waals surface area contributed by atoms with Crippen molar-refractivity contribution in [1.82, 2.24) is 10.2 Å². The Labute approximate surface area is 183 Å². The lowest BCUT2D eigenvalue weighted by Crippen LogP contribution is -2.42. The summed E-state index contributed by atoms with van der Waals surface area (Å²) >= 11 is 0. The highest BCUT2D eigenvalue weighted by atomic mass is 35.5. The van der Waals surface area contributed by atoms with Crippen LogP contribution in [0.3, 0.4) is 0 Å². The molecule has 1 N–H and O–H groups in total. The summed E-state index contributed by atoms with van der Waals surface area (Å²) in [5, 5.41) is 3.44. The topological polar surface area (TPSA) is 60.0 Å². The monoisotopic (exact) mass is 432 g/mol. The molecule has 1 amide bonds. The van der Waals surface area contributed by atoms with Crippen molar-refractivity contribution in [1.29, 1.82) is 0 Å². The number of carbonyl (C=O) groups is 1. The number of nitrogens with one attached hydrogen (secondary N) is 1. The molecule has 0 spiro atoms. The van der Waals surface area contributed by atoms with Crippen LogP contribution in [0.4, 0.5) is 0 Å². The van der Waals surface area contributed by atoms with Gasteiger partial charge >= 0.3 is 0 Å². The molecule has 2 aliphatic heterocycles. The minimum Gasteiger partial charge on any atom is -0.493 e. The fourth-order valence-corrected chi connectivity index (χ4v) is 4.34. The van der Waals surface area contributed by atoms with Crippen molar-refractivity contribution < 1.29 is 19.0 Å². The average molecular weight is 433 g/mol. The number of halogens is 1. The maximum Gasteiger partial charge on any atom is 0.254 e. The lowest BCUT2D eigenvalue weighted by atomic mass is 10.1. The zero-order chi connectivity index (χ0) is 20.2. The van der Waals surface area contributed by atoms with Crippen LogP contribution in [-0.2, 0) is 6.61 Å². The molecule has 2 atom stereocenters. The maximum atomic E-state index is 13.4. The number of carbonyl (C=O) groups excluding carboxylic acids is 1. The van der Waals surface area contributed by atoms with Gasteiger partial charge in [0.05, 0.1) is 14.2 Å². The third-order valence-electron chi connectivity index (χ3n) is 5.82. The molecule has 162 valence electrons. The smallest absolute Gasteiger partial charge is 0.254 e. The number of fused-ring (bicyclic) bond motifs is 2. The second kappa shape index (κ2) is 10.0. The van der Waals surface area contributed by atoms with E-state index >= 15 is 0 Å². The molecule has 2 aromatic carbocycles. The van der Waals surface area contributed by atoms with Crippen LogP contribution in [0.2, 0.25) is 0 Å². The van der Waals surface area contributed by atoms with Crippen LogP contribution < -0.4 is 19.5 Å². The third-order valence-corrected chi connectivity index (χ3v) is 5.82. The largest absolute Gasteiger partial charge is 0.493 e. The standard InChI is InChI=1S/C23H28N2O4.ClH/c1-27-20-12-17(23(26)25-18-8-9-19(25)14-24-11-10-18)13-21(28-2)22(20)29-15-16-6-4-3-5-7-16;/h3-7,12-13,18-19,24H,8-11,14-15H2,1-2H3;1H. The summed E-state index contributed by atoms with van der Waals surface area (Å²) in [5.41, 5.74) is 1.62. The molecule has 2 unspecified atom stereocenters. The van der Waals surface area contributed by atoms with Crippen molar-refractivity contribution in [2.24, 2.45) is 0 Å². The first-order valence-electron chi connectivity index (χ1n) is 10.2. The Hall–Kier alpha value is -2.44. The van der Waals surface area contributed by atoms with Crippen LogP contribution in [0.1, 0.15) is 35.2 Å². The van der Waals surface area contributed by atoms with Gasteiger partial charge in [0.1, 0.15) is 6.61 Å². The summed E-state index contributed by atoms with van der Waals surface area (Å²) in [6.07, 6.45) is 3.12. The molecule has 0 radical (unpaired) electrons. The Morgan fingerprint density at radius 3 is 2.37 bits per heavy atom.